The van der Waals surface area contributed by atoms with Crippen LogP contribution in [0.3, 0.4) is 0 Å². The van der Waals surface area contributed by atoms with E-state index in [0.717, 1.165) is 43.0 Å². The molecule has 1 atom stereocenters. The van der Waals surface area contributed by atoms with Crippen LogP contribution >= 0.6 is 0 Å². The molecule has 1 unspecified atom stereocenters. The molecule has 1 aromatic heterocycles. The van der Waals surface area contributed by atoms with Crippen molar-refractivity contribution in [2.75, 3.05) is 22.9 Å². The summed E-state index contributed by atoms with van der Waals surface area (Å²) in [6.07, 6.45) is -8.79. The van der Waals surface area contributed by atoms with Gasteiger partial charge in [-0.15, -0.1) is 5.10 Å². The summed E-state index contributed by atoms with van der Waals surface area (Å²) in [6, 6.07) is 3.12. The molecule has 1 aliphatic heterocycles. The Bertz CT molecular complexity index is 1460. The number of halogens is 9. The van der Waals surface area contributed by atoms with E-state index in [2.05, 4.69) is 15.4 Å². The van der Waals surface area contributed by atoms with E-state index in [1.807, 2.05) is 4.90 Å². The third kappa shape index (κ3) is 7.49. The summed E-state index contributed by atoms with van der Waals surface area (Å²) in [5, 5.41) is 12.0. The van der Waals surface area contributed by atoms with Gasteiger partial charge < -0.3 is 9.80 Å². The topological polar surface area (TPSA) is 50.1 Å². The number of alkyl halides is 9. The number of hydrogen-bond donors (Lipinski definition) is 0. The highest BCUT2D eigenvalue weighted by Gasteiger charge is 2.39. The molecule has 3 aromatic rings. The van der Waals surface area contributed by atoms with Gasteiger partial charge in [-0.25, -0.2) is 0 Å². The fourth-order valence-corrected chi connectivity index (χ4v) is 6.53. The Kier molecular flexibility index (Phi) is 9.02. The van der Waals surface area contributed by atoms with Crippen LogP contribution in [0.25, 0.3) is 0 Å². The Hall–Kier alpha value is -3.52. The maximum atomic E-state index is 14.1. The third-order valence-electron chi connectivity index (χ3n) is 8.62. The third-order valence-corrected chi connectivity index (χ3v) is 8.62. The van der Waals surface area contributed by atoms with Crippen LogP contribution in [0.2, 0.25) is 0 Å². The van der Waals surface area contributed by atoms with Gasteiger partial charge in [0.15, 0.2) is 0 Å². The number of tetrazole rings is 1. The standard InChI is InChI=1S/C30H33F9N6/c1-18-11-23-25(9-6-10-44(16-19-7-4-3-5-8-19)26(23)15-24(18)30(37,38)39)45(27-40-42-43(2)41-27)17-20-12-21(28(31,32)33)14-22(13-20)29(34,35)36/h11-15,19,25H,3-10,16-17H2,1-2H3. The van der Waals surface area contributed by atoms with Gasteiger partial charge in [-0.05, 0) is 84.7 Å². The Morgan fingerprint density at radius 2 is 1.44 bits per heavy atom. The Balaban J connectivity index is 1.64. The minimum absolute atomic E-state index is 0.0451. The molecular weight excluding hydrogens is 615 g/mol. The number of rotatable bonds is 6. The summed E-state index contributed by atoms with van der Waals surface area (Å²) in [7, 11) is 1.45. The minimum atomic E-state index is -5.05. The first-order valence-electron chi connectivity index (χ1n) is 14.8. The molecule has 2 heterocycles. The van der Waals surface area contributed by atoms with Crippen molar-refractivity contribution in [2.24, 2.45) is 13.0 Å². The van der Waals surface area contributed by atoms with Crippen LogP contribution in [0.4, 0.5) is 51.1 Å². The number of aryl methyl sites for hydroxylation is 2. The molecule has 0 amide bonds. The van der Waals surface area contributed by atoms with E-state index in [1.165, 1.54) is 24.9 Å². The quantitative estimate of drug-likeness (QED) is 0.251. The van der Waals surface area contributed by atoms with E-state index in [0.29, 0.717) is 55.2 Å². The van der Waals surface area contributed by atoms with E-state index < -0.39 is 47.8 Å². The van der Waals surface area contributed by atoms with Gasteiger partial charge in [0.25, 0.3) is 5.95 Å². The molecule has 15 heteroatoms. The molecule has 1 aliphatic carbocycles. The molecule has 2 aromatic carbocycles. The van der Waals surface area contributed by atoms with Crippen molar-refractivity contribution in [3.63, 3.8) is 0 Å². The maximum Gasteiger partial charge on any atom is 0.416 e. The lowest BCUT2D eigenvalue weighted by Gasteiger charge is -2.35. The van der Waals surface area contributed by atoms with Gasteiger partial charge >= 0.3 is 18.5 Å². The summed E-state index contributed by atoms with van der Waals surface area (Å²) in [5.74, 6) is 0.222. The normalized spacial score (nSPS) is 18.6. The molecule has 0 radical (unpaired) electrons. The molecule has 0 saturated heterocycles. The van der Waals surface area contributed by atoms with Crippen LogP contribution in [-0.4, -0.2) is 33.3 Å². The number of aromatic nitrogens is 4. The number of anilines is 2. The predicted octanol–water partition coefficient (Wildman–Crippen LogP) is 8.50. The van der Waals surface area contributed by atoms with Crippen molar-refractivity contribution in [3.8, 4) is 0 Å². The average molecular weight is 649 g/mol. The second-order valence-corrected chi connectivity index (χ2v) is 12.0. The van der Waals surface area contributed by atoms with Crippen molar-refractivity contribution in [3.05, 3.63) is 63.7 Å². The first kappa shape index (κ1) is 32.9. The lowest BCUT2D eigenvalue weighted by atomic mass is 9.88. The second-order valence-electron chi connectivity index (χ2n) is 12.0. The van der Waals surface area contributed by atoms with Gasteiger partial charge in [-0.1, -0.05) is 30.4 Å². The molecule has 2 aliphatic rings. The Labute approximate surface area is 254 Å². The van der Waals surface area contributed by atoms with Crippen LogP contribution in [0.1, 0.15) is 84.4 Å². The Morgan fingerprint density at radius 3 is 2.00 bits per heavy atom. The maximum absolute atomic E-state index is 14.1. The van der Waals surface area contributed by atoms with Crippen molar-refractivity contribution < 1.29 is 39.5 Å². The van der Waals surface area contributed by atoms with Crippen LogP contribution in [-0.2, 0) is 32.1 Å². The largest absolute Gasteiger partial charge is 0.416 e. The summed E-state index contributed by atoms with van der Waals surface area (Å²) < 4.78 is 125. The molecular formula is C30H33F9N6. The molecule has 1 fully saturated rings. The molecule has 0 N–H and O–H groups in total. The van der Waals surface area contributed by atoms with E-state index in [4.69, 9.17) is 0 Å². The molecule has 5 rings (SSSR count). The van der Waals surface area contributed by atoms with Gasteiger partial charge in [0, 0.05) is 25.3 Å². The molecule has 6 nitrogen and oxygen atoms in total. The molecule has 1 saturated carbocycles. The monoisotopic (exact) mass is 648 g/mol. The second kappa shape index (κ2) is 12.3. The van der Waals surface area contributed by atoms with Crippen LogP contribution in [0.5, 0.6) is 0 Å². The molecule has 246 valence electrons. The van der Waals surface area contributed by atoms with E-state index in [-0.39, 0.29) is 23.1 Å². The van der Waals surface area contributed by atoms with Crippen molar-refractivity contribution >= 4 is 11.6 Å². The van der Waals surface area contributed by atoms with Crippen LogP contribution in [0.15, 0.2) is 30.3 Å². The number of hydrogen-bond acceptors (Lipinski definition) is 5. The summed E-state index contributed by atoms with van der Waals surface area (Å²) >= 11 is 0. The van der Waals surface area contributed by atoms with Crippen molar-refractivity contribution in [2.45, 2.75) is 83.0 Å². The van der Waals surface area contributed by atoms with E-state index in [1.54, 1.807) is 0 Å². The van der Waals surface area contributed by atoms with Gasteiger partial charge in [0.1, 0.15) is 0 Å². The number of fused-ring (bicyclic) bond motifs is 1. The fraction of sp³-hybridized carbons (Fsp3) is 0.567. The summed E-state index contributed by atoms with van der Waals surface area (Å²) in [4.78, 5) is 4.49. The highest BCUT2D eigenvalue weighted by Crippen LogP contribution is 2.45. The zero-order valence-corrected chi connectivity index (χ0v) is 24.7. The number of benzene rings is 2. The van der Waals surface area contributed by atoms with E-state index in [9.17, 15) is 39.5 Å². The minimum Gasteiger partial charge on any atom is -0.371 e. The molecule has 45 heavy (non-hydrogen) atoms. The highest BCUT2D eigenvalue weighted by atomic mass is 19.4. The SMILES string of the molecule is Cc1cc2c(cc1C(F)(F)F)N(CC1CCCCC1)CCCC2N(Cc1cc(C(F)(F)F)cc(C(F)(F)F)c1)c1nnn(C)n1. The van der Waals surface area contributed by atoms with Gasteiger partial charge in [0.2, 0.25) is 0 Å². The van der Waals surface area contributed by atoms with Gasteiger partial charge in [0.05, 0.1) is 29.8 Å². The van der Waals surface area contributed by atoms with Crippen LogP contribution in [0, 0.1) is 12.8 Å². The zero-order valence-electron chi connectivity index (χ0n) is 24.7. The predicted molar refractivity (Wildman–Crippen MR) is 148 cm³/mol. The van der Waals surface area contributed by atoms with Crippen molar-refractivity contribution in [1.29, 1.82) is 0 Å². The van der Waals surface area contributed by atoms with Crippen molar-refractivity contribution in [1.82, 2.24) is 20.2 Å². The zero-order chi connectivity index (χ0) is 32.7. The lowest BCUT2D eigenvalue weighted by Crippen LogP contribution is -2.32. The fourth-order valence-electron chi connectivity index (χ4n) is 6.53. The lowest BCUT2D eigenvalue weighted by molar-refractivity contribution is -0.143. The first-order chi connectivity index (χ1) is 21.0. The van der Waals surface area contributed by atoms with Gasteiger partial charge in [-0.3, -0.25) is 0 Å². The Morgan fingerprint density at radius 1 is 0.800 bits per heavy atom. The molecule has 0 bridgehead atoms. The average Bonchev–Trinajstić information content (AvgIpc) is 3.30. The first-order valence-corrected chi connectivity index (χ1v) is 14.8. The van der Waals surface area contributed by atoms with Crippen LogP contribution < -0.4 is 9.80 Å². The van der Waals surface area contributed by atoms with E-state index >= 15 is 0 Å². The molecule has 0 spiro atoms. The summed E-state index contributed by atoms with van der Waals surface area (Å²) in [6.45, 7) is 1.84. The smallest absolute Gasteiger partial charge is 0.371 e. The number of nitrogens with zero attached hydrogens (tertiary/aromatic N) is 6. The summed E-state index contributed by atoms with van der Waals surface area (Å²) in [5.41, 5.74) is -3.27. The van der Waals surface area contributed by atoms with Gasteiger partial charge in [-0.2, -0.15) is 44.3 Å². The highest BCUT2D eigenvalue weighted by molar-refractivity contribution is 5.62.